The Morgan fingerprint density at radius 1 is 1.57 bits per heavy atom. The Labute approximate surface area is 83.0 Å². The summed E-state index contributed by atoms with van der Waals surface area (Å²) in [5.41, 5.74) is 3.29. The predicted molar refractivity (Wildman–Crippen MR) is 54.9 cm³/mol. The lowest BCUT2D eigenvalue weighted by atomic mass is 10.1. The summed E-state index contributed by atoms with van der Waals surface area (Å²) >= 11 is 0. The van der Waals surface area contributed by atoms with E-state index < -0.39 is 6.09 Å². The molecule has 0 spiro atoms. The van der Waals surface area contributed by atoms with Crippen molar-refractivity contribution in [3.63, 3.8) is 0 Å². The van der Waals surface area contributed by atoms with Crippen LogP contribution in [0.1, 0.15) is 18.1 Å². The van der Waals surface area contributed by atoms with Crippen LogP contribution in [-0.2, 0) is 12.8 Å². The Bertz CT molecular complexity index is 374. The predicted octanol–water partition coefficient (Wildman–Crippen LogP) is 2.29. The molecule has 3 nitrogen and oxygen atoms in total. The second kappa shape index (κ2) is 3.33. The number of aryl methyl sites for hydroxylation is 1. The van der Waals surface area contributed by atoms with E-state index in [1.165, 1.54) is 10.5 Å². The maximum atomic E-state index is 10.8. The van der Waals surface area contributed by atoms with E-state index >= 15 is 0 Å². The molecule has 0 saturated carbocycles. The van der Waals surface area contributed by atoms with E-state index in [2.05, 4.69) is 13.0 Å². The van der Waals surface area contributed by atoms with Crippen molar-refractivity contribution in [3.8, 4) is 0 Å². The molecule has 1 aliphatic heterocycles. The van der Waals surface area contributed by atoms with Gasteiger partial charge in [0, 0.05) is 6.54 Å². The average molecular weight is 191 g/mol. The van der Waals surface area contributed by atoms with E-state index in [0.29, 0.717) is 6.54 Å². The fraction of sp³-hybridized carbons (Fsp3) is 0.364. The van der Waals surface area contributed by atoms with Gasteiger partial charge >= 0.3 is 6.09 Å². The Hall–Kier alpha value is -1.51. The molecular weight excluding hydrogens is 178 g/mol. The Morgan fingerprint density at radius 3 is 3.00 bits per heavy atom. The van der Waals surface area contributed by atoms with Crippen LogP contribution in [0.2, 0.25) is 0 Å². The SMILES string of the molecule is CCc1ccc2c(c1)CCN2C(=O)O. The number of carbonyl (C=O) groups is 1. The van der Waals surface area contributed by atoms with Crippen LogP contribution >= 0.6 is 0 Å². The molecule has 2 rings (SSSR count). The van der Waals surface area contributed by atoms with E-state index in [1.54, 1.807) is 0 Å². The number of benzene rings is 1. The third-order valence-electron chi connectivity index (χ3n) is 2.68. The molecule has 3 heteroatoms. The number of anilines is 1. The number of hydrogen-bond donors (Lipinski definition) is 1. The topological polar surface area (TPSA) is 40.5 Å². The number of fused-ring (bicyclic) bond motifs is 1. The van der Waals surface area contributed by atoms with Crippen LogP contribution in [0.25, 0.3) is 0 Å². The van der Waals surface area contributed by atoms with Crippen molar-refractivity contribution < 1.29 is 9.90 Å². The van der Waals surface area contributed by atoms with Gasteiger partial charge in [0.2, 0.25) is 0 Å². The Morgan fingerprint density at radius 2 is 2.36 bits per heavy atom. The molecule has 1 N–H and O–H groups in total. The smallest absolute Gasteiger partial charge is 0.411 e. The number of hydrogen-bond acceptors (Lipinski definition) is 1. The van der Waals surface area contributed by atoms with E-state index in [0.717, 1.165) is 24.1 Å². The maximum absolute atomic E-state index is 10.8. The van der Waals surface area contributed by atoms with Crippen LogP contribution in [0.4, 0.5) is 10.5 Å². The van der Waals surface area contributed by atoms with E-state index in [4.69, 9.17) is 5.11 Å². The zero-order chi connectivity index (χ0) is 10.1. The highest BCUT2D eigenvalue weighted by atomic mass is 16.4. The van der Waals surface area contributed by atoms with Crippen molar-refractivity contribution in [1.82, 2.24) is 0 Å². The van der Waals surface area contributed by atoms with E-state index in [1.807, 2.05) is 12.1 Å². The molecule has 0 bridgehead atoms. The van der Waals surface area contributed by atoms with Crippen molar-refractivity contribution in [1.29, 1.82) is 0 Å². The van der Waals surface area contributed by atoms with Crippen molar-refractivity contribution in [3.05, 3.63) is 29.3 Å². The molecule has 1 heterocycles. The number of rotatable bonds is 1. The average Bonchev–Trinajstić information content (AvgIpc) is 2.59. The number of nitrogens with zero attached hydrogens (tertiary/aromatic N) is 1. The summed E-state index contributed by atoms with van der Waals surface area (Å²) in [5.74, 6) is 0. The largest absolute Gasteiger partial charge is 0.465 e. The highest BCUT2D eigenvalue weighted by molar-refractivity contribution is 5.88. The highest BCUT2D eigenvalue weighted by Crippen LogP contribution is 2.28. The van der Waals surface area contributed by atoms with Gasteiger partial charge in [-0.3, -0.25) is 4.90 Å². The lowest BCUT2D eigenvalue weighted by molar-refractivity contribution is 0.202. The minimum absolute atomic E-state index is 0.595. The summed E-state index contributed by atoms with van der Waals surface area (Å²) in [4.78, 5) is 12.3. The molecule has 14 heavy (non-hydrogen) atoms. The van der Waals surface area contributed by atoms with Crippen LogP contribution in [0.5, 0.6) is 0 Å². The zero-order valence-electron chi connectivity index (χ0n) is 8.16. The van der Waals surface area contributed by atoms with Crippen LogP contribution in [0.3, 0.4) is 0 Å². The molecule has 0 fully saturated rings. The van der Waals surface area contributed by atoms with Crippen LogP contribution in [0.15, 0.2) is 18.2 Å². The molecule has 0 unspecified atom stereocenters. The Kier molecular flexibility index (Phi) is 2.15. The molecular formula is C11H13NO2. The highest BCUT2D eigenvalue weighted by Gasteiger charge is 2.23. The van der Waals surface area contributed by atoms with Gasteiger partial charge in [-0.15, -0.1) is 0 Å². The molecule has 1 aromatic rings. The first-order valence-electron chi connectivity index (χ1n) is 4.84. The fourth-order valence-electron chi connectivity index (χ4n) is 1.87. The fourth-order valence-corrected chi connectivity index (χ4v) is 1.87. The molecule has 0 atom stereocenters. The summed E-state index contributed by atoms with van der Waals surface area (Å²) in [6, 6.07) is 6.02. The number of amides is 1. The van der Waals surface area contributed by atoms with Gasteiger partial charge in [0.15, 0.2) is 0 Å². The second-order valence-electron chi connectivity index (χ2n) is 3.50. The van der Waals surface area contributed by atoms with Gasteiger partial charge in [-0.05, 0) is 30.0 Å². The van der Waals surface area contributed by atoms with Gasteiger partial charge in [0.1, 0.15) is 0 Å². The molecule has 1 aliphatic rings. The molecule has 1 amide bonds. The van der Waals surface area contributed by atoms with Gasteiger partial charge in [-0.1, -0.05) is 19.1 Å². The standard InChI is InChI=1S/C11H13NO2/c1-2-8-3-4-10-9(7-8)5-6-12(10)11(13)14/h3-4,7H,2,5-6H2,1H3,(H,13,14). The van der Waals surface area contributed by atoms with Crippen molar-refractivity contribution in [2.24, 2.45) is 0 Å². The molecule has 0 aromatic heterocycles. The van der Waals surface area contributed by atoms with Gasteiger partial charge in [-0.25, -0.2) is 4.79 Å². The molecule has 74 valence electrons. The zero-order valence-corrected chi connectivity index (χ0v) is 8.16. The van der Waals surface area contributed by atoms with E-state index in [-0.39, 0.29) is 0 Å². The summed E-state index contributed by atoms with van der Waals surface area (Å²) in [6.45, 7) is 2.70. The van der Waals surface area contributed by atoms with Gasteiger partial charge in [0.25, 0.3) is 0 Å². The first-order valence-corrected chi connectivity index (χ1v) is 4.84. The monoisotopic (exact) mass is 191 g/mol. The quantitative estimate of drug-likeness (QED) is 0.739. The molecule has 0 radical (unpaired) electrons. The normalized spacial score (nSPS) is 14.2. The first kappa shape index (κ1) is 9.06. The van der Waals surface area contributed by atoms with Crippen molar-refractivity contribution >= 4 is 11.8 Å². The third kappa shape index (κ3) is 1.35. The second-order valence-corrected chi connectivity index (χ2v) is 3.50. The van der Waals surface area contributed by atoms with Gasteiger partial charge in [-0.2, -0.15) is 0 Å². The molecule has 0 saturated heterocycles. The Balaban J connectivity index is 2.38. The summed E-state index contributed by atoms with van der Waals surface area (Å²) in [5, 5.41) is 8.91. The minimum Gasteiger partial charge on any atom is -0.465 e. The first-order chi connectivity index (χ1) is 6.72. The van der Waals surface area contributed by atoms with Crippen LogP contribution < -0.4 is 4.90 Å². The minimum atomic E-state index is -0.854. The summed E-state index contributed by atoms with van der Waals surface area (Å²) < 4.78 is 0. The lowest BCUT2D eigenvalue weighted by Gasteiger charge is -2.12. The summed E-state index contributed by atoms with van der Waals surface area (Å²) in [7, 11) is 0. The van der Waals surface area contributed by atoms with Crippen molar-refractivity contribution in [2.75, 3.05) is 11.4 Å². The number of carboxylic acid groups (broad SMARTS) is 1. The summed E-state index contributed by atoms with van der Waals surface area (Å²) in [6.07, 6.45) is 0.989. The van der Waals surface area contributed by atoms with Crippen molar-refractivity contribution in [2.45, 2.75) is 19.8 Å². The molecule has 0 aliphatic carbocycles. The molecule has 1 aromatic carbocycles. The lowest BCUT2D eigenvalue weighted by Crippen LogP contribution is -2.26. The van der Waals surface area contributed by atoms with Gasteiger partial charge < -0.3 is 5.11 Å². The van der Waals surface area contributed by atoms with Crippen LogP contribution in [0, 0.1) is 0 Å². The third-order valence-corrected chi connectivity index (χ3v) is 2.68. The van der Waals surface area contributed by atoms with Crippen LogP contribution in [-0.4, -0.2) is 17.7 Å². The maximum Gasteiger partial charge on any atom is 0.411 e. The van der Waals surface area contributed by atoms with Gasteiger partial charge in [0.05, 0.1) is 5.69 Å². The van der Waals surface area contributed by atoms with E-state index in [9.17, 15) is 4.79 Å².